The number of hydrogen-bond donors (Lipinski definition) is 1. The fourth-order valence-electron chi connectivity index (χ4n) is 2.16. The Morgan fingerprint density at radius 3 is 2.39 bits per heavy atom. The lowest BCUT2D eigenvalue weighted by molar-refractivity contribution is 0.537. The second kappa shape index (κ2) is 6.31. The first kappa shape index (κ1) is 12.8. The van der Waals surface area contributed by atoms with Crippen LogP contribution in [0.1, 0.15) is 31.9 Å². The SMILES string of the molecule is CCNC(CC)c1ccc(-c2ccccn2)cc1. The molecule has 2 aromatic rings. The minimum Gasteiger partial charge on any atom is -0.310 e. The normalized spacial score (nSPS) is 12.3. The van der Waals surface area contributed by atoms with Gasteiger partial charge in [0, 0.05) is 17.8 Å². The molecule has 1 aromatic heterocycles. The second-order valence-corrected chi connectivity index (χ2v) is 4.36. The van der Waals surface area contributed by atoms with Crippen molar-refractivity contribution < 1.29 is 0 Å². The molecule has 1 aromatic carbocycles. The highest BCUT2D eigenvalue weighted by Crippen LogP contribution is 2.21. The molecule has 1 atom stereocenters. The molecule has 1 N–H and O–H groups in total. The van der Waals surface area contributed by atoms with Gasteiger partial charge in [-0.1, -0.05) is 44.2 Å². The number of nitrogens with one attached hydrogen (secondary N) is 1. The summed E-state index contributed by atoms with van der Waals surface area (Å²) >= 11 is 0. The minimum atomic E-state index is 0.452. The standard InChI is InChI=1S/C16H20N2/c1-3-15(17-4-2)13-8-10-14(11-9-13)16-7-5-6-12-18-16/h5-12,15,17H,3-4H2,1-2H3. The van der Waals surface area contributed by atoms with E-state index in [0.717, 1.165) is 18.7 Å². The van der Waals surface area contributed by atoms with E-state index in [1.54, 1.807) is 0 Å². The third-order valence-electron chi connectivity index (χ3n) is 3.13. The van der Waals surface area contributed by atoms with Crippen LogP contribution in [0, 0.1) is 0 Å². The van der Waals surface area contributed by atoms with Crippen LogP contribution in [0.5, 0.6) is 0 Å². The van der Waals surface area contributed by atoms with Crippen LogP contribution in [-0.4, -0.2) is 11.5 Å². The van der Waals surface area contributed by atoms with Crippen LogP contribution >= 0.6 is 0 Å². The molecular weight excluding hydrogens is 220 g/mol. The lowest BCUT2D eigenvalue weighted by Gasteiger charge is -2.16. The zero-order valence-corrected chi connectivity index (χ0v) is 11.1. The summed E-state index contributed by atoms with van der Waals surface area (Å²) in [6.07, 6.45) is 2.94. The Balaban J connectivity index is 2.19. The monoisotopic (exact) mass is 240 g/mol. The molecule has 0 spiro atoms. The van der Waals surface area contributed by atoms with E-state index < -0.39 is 0 Å². The Bertz CT molecular complexity index is 462. The highest BCUT2D eigenvalue weighted by molar-refractivity contribution is 5.59. The third-order valence-corrected chi connectivity index (χ3v) is 3.13. The number of rotatable bonds is 5. The van der Waals surface area contributed by atoms with Crippen molar-refractivity contribution in [3.05, 3.63) is 54.2 Å². The number of nitrogens with zero attached hydrogens (tertiary/aromatic N) is 1. The van der Waals surface area contributed by atoms with Gasteiger partial charge in [0.2, 0.25) is 0 Å². The van der Waals surface area contributed by atoms with Crippen LogP contribution in [-0.2, 0) is 0 Å². The number of pyridine rings is 1. The lowest BCUT2D eigenvalue weighted by Crippen LogP contribution is -2.19. The summed E-state index contributed by atoms with van der Waals surface area (Å²) in [6.45, 7) is 5.35. The van der Waals surface area contributed by atoms with Crippen molar-refractivity contribution in [2.24, 2.45) is 0 Å². The molecule has 0 bridgehead atoms. The first-order valence-corrected chi connectivity index (χ1v) is 6.60. The van der Waals surface area contributed by atoms with Gasteiger partial charge in [0.1, 0.15) is 0 Å². The van der Waals surface area contributed by atoms with E-state index in [0.29, 0.717) is 6.04 Å². The van der Waals surface area contributed by atoms with Crippen LogP contribution < -0.4 is 5.32 Å². The Kier molecular flexibility index (Phi) is 4.48. The summed E-state index contributed by atoms with van der Waals surface area (Å²) in [6, 6.07) is 15.1. The molecule has 0 saturated heterocycles. The van der Waals surface area contributed by atoms with Gasteiger partial charge in [-0.15, -0.1) is 0 Å². The lowest BCUT2D eigenvalue weighted by atomic mass is 10.0. The smallest absolute Gasteiger partial charge is 0.0701 e. The Labute approximate surface area is 109 Å². The topological polar surface area (TPSA) is 24.9 Å². The van der Waals surface area contributed by atoms with Crippen LogP contribution in [0.4, 0.5) is 0 Å². The van der Waals surface area contributed by atoms with E-state index in [1.807, 2.05) is 24.4 Å². The largest absolute Gasteiger partial charge is 0.310 e. The minimum absolute atomic E-state index is 0.452. The van der Waals surface area contributed by atoms with E-state index in [9.17, 15) is 0 Å². The fourth-order valence-corrected chi connectivity index (χ4v) is 2.16. The molecule has 0 radical (unpaired) electrons. The molecule has 0 aliphatic heterocycles. The van der Waals surface area contributed by atoms with E-state index in [1.165, 1.54) is 11.1 Å². The van der Waals surface area contributed by atoms with Crippen molar-refractivity contribution in [1.82, 2.24) is 10.3 Å². The first-order valence-electron chi connectivity index (χ1n) is 6.60. The Morgan fingerprint density at radius 2 is 1.83 bits per heavy atom. The van der Waals surface area contributed by atoms with E-state index in [-0.39, 0.29) is 0 Å². The van der Waals surface area contributed by atoms with Crippen molar-refractivity contribution in [2.45, 2.75) is 26.3 Å². The van der Waals surface area contributed by atoms with Crippen LogP contribution in [0.25, 0.3) is 11.3 Å². The van der Waals surface area contributed by atoms with Crippen LogP contribution in [0.3, 0.4) is 0 Å². The maximum absolute atomic E-state index is 4.36. The fraction of sp³-hybridized carbons (Fsp3) is 0.312. The van der Waals surface area contributed by atoms with Gasteiger partial charge >= 0.3 is 0 Å². The quantitative estimate of drug-likeness (QED) is 0.859. The molecule has 0 fully saturated rings. The molecule has 18 heavy (non-hydrogen) atoms. The van der Waals surface area contributed by atoms with Gasteiger partial charge in [-0.2, -0.15) is 0 Å². The zero-order chi connectivity index (χ0) is 12.8. The predicted molar refractivity (Wildman–Crippen MR) is 76.4 cm³/mol. The summed E-state index contributed by atoms with van der Waals surface area (Å²) < 4.78 is 0. The zero-order valence-electron chi connectivity index (χ0n) is 11.1. The Morgan fingerprint density at radius 1 is 1.06 bits per heavy atom. The van der Waals surface area contributed by atoms with Gasteiger partial charge in [0.25, 0.3) is 0 Å². The van der Waals surface area contributed by atoms with Gasteiger partial charge in [-0.25, -0.2) is 0 Å². The molecule has 2 heteroatoms. The van der Waals surface area contributed by atoms with Crippen molar-refractivity contribution in [2.75, 3.05) is 6.54 Å². The summed E-state index contributed by atoms with van der Waals surface area (Å²) in [5.74, 6) is 0. The molecule has 94 valence electrons. The molecule has 2 rings (SSSR count). The summed E-state index contributed by atoms with van der Waals surface area (Å²) in [5.41, 5.74) is 3.55. The predicted octanol–water partition coefficient (Wildman–Crippen LogP) is 3.81. The summed E-state index contributed by atoms with van der Waals surface area (Å²) in [4.78, 5) is 4.36. The third kappa shape index (κ3) is 2.96. The Hall–Kier alpha value is -1.67. The molecule has 2 nitrogen and oxygen atoms in total. The average Bonchev–Trinajstić information content (AvgIpc) is 2.46. The van der Waals surface area contributed by atoms with Gasteiger partial charge < -0.3 is 5.32 Å². The van der Waals surface area contributed by atoms with E-state index >= 15 is 0 Å². The molecule has 1 unspecified atom stereocenters. The van der Waals surface area contributed by atoms with E-state index in [2.05, 4.69) is 48.4 Å². The van der Waals surface area contributed by atoms with Crippen molar-refractivity contribution >= 4 is 0 Å². The number of benzene rings is 1. The van der Waals surface area contributed by atoms with Crippen molar-refractivity contribution in [3.8, 4) is 11.3 Å². The molecule has 0 aliphatic carbocycles. The van der Waals surface area contributed by atoms with Crippen molar-refractivity contribution in [1.29, 1.82) is 0 Å². The van der Waals surface area contributed by atoms with Gasteiger partial charge in [-0.3, -0.25) is 4.98 Å². The highest BCUT2D eigenvalue weighted by atomic mass is 14.9. The van der Waals surface area contributed by atoms with Crippen LogP contribution in [0.2, 0.25) is 0 Å². The average molecular weight is 240 g/mol. The molecular formula is C16H20N2. The van der Waals surface area contributed by atoms with E-state index in [4.69, 9.17) is 0 Å². The van der Waals surface area contributed by atoms with Crippen LogP contribution in [0.15, 0.2) is 48.7 Å². The maximum atomic E-state index is 4.36. The summed E-state index contributed by atoms with van der Waals surface area (Å²) in [7, 11) is 0. The van der Waals surface area contributed by atoms with Crippen molar-refractivity contribution in [3.63, 3.8) is 0 Å². The first-order chi connectivity index (χ1) is 8.85. The molecule has 0 aliphatic rings. The van der Waals surface area contributed by atoms with Gasteiger partial charge in [-0.05, 0) is 30.7 Å². The highest BCUT2D eigenvalue weighted by Gasteiger charge is 2.07. The van der Waals surface area contributed by atoms with Gasteiger partial charge in [0.15, 0.2) is 0 Å². The second-order valence-electron chi connectivity index (χ2n) is 4.36. The summed E-state index contributed by atoms with van der Waals surface area (Å²) in [5, 5.41) is 3.49. The number of aromatic nitrogens is 1. The van der Waals surface area contributed by atoms with Gasteiger partial charge in [0.05, 0.1) is 5.69 Å². The molecule has 1 heterocycles. The maximum Gasteiger partial charge on any atom is 0.0701 e. The molecule has 0 saturated carbocycles. The molecule has 0 amide bonds. The number of hydrogen-bond acceptors (Lipinski definition) is 2.